The zero-order valence-electron chi connectivity index (χ0n) is 16.0. The van der Waals surface area contributed by atoms with Crippen LogP contribution < -0.4 is 10.9 Å². The standard InChI is InChI=1S/C22H23N3OS2/c1-3-15(2)16-6-8-17(9-7-16)21(19-5-4-11-27-19)23-14-18-13-20(26)25-10-12-28-22(25)24-18/h4-13,15,21,23H,3,14H2,1-2H3/t15-,21+/m1/s1. The number of hydrogen-bond acceptors (Lipinski definition) is 5. The Bertz CT molecular complexity index is 1100. The number of thiazole rings is 1. The minimum Gasteiger partial charge on any atom is -0.300 e. The number of nitrogens with one attached hydrogen (secondary N) is 1. The number of aromatic nitrogens is 2. The maximum Gasteiger partial charge on any atom is 0.258 e. The van der Waals surface area contributed by atoms with Crippen molar-refractivity contribution in [2.45, 2.75) is 38.8 Å². The van der Waals surface area contributed by atoms with Crippen LogP contribution in [-0.4, -0.2) is 9.38 Å². The van der Waals surface area contributed by atoms with Gasteiger partial charge in [0.25, 0.3) is 5.56 Å². The molecule has 1 aromatic carbocycles. The molecule has 0 amide bonds. The van der Waals surface area contributed by atoms with Crippen LogP contribution in [0, 0.1) is 0 Å². The van der Waals surface area contributed by atoms with Crippen LogP contribution in [0.4, 0.5) is 0 Å². The van der Waals surface area contributed by atoms with Gasteiger partial charge in [-0.15, -0.1) is 22.7 Å². The van der Waals surface area contributed by atoms with Crippen molar-refractivity contribution in [3.63, 3.8) is 0 Å². The van der Waals surface area contributed by atoms with Crippen molar-refractivity contribution in [2.24, 2.45) is 0 Å². The maximum absolute atomic E-state index is 12.2. The highest BCUT2D eigenvalue weighted by Gasteiger charge is 2.16. The highest BCUT2D eigenvalue weighted by atomic mass is 32.1. The fourth-order valence-corrected chi connectivity index (χ4v) is 4.84. The summed E-state index contributed by atoms with van der Waals surface area (Å²) in [6.45, 7) is 5.02. The molecule has 0 radical (unpaired) electrons. The molecule has 0 aliphatic heterocycles. The van der Waals surface area contributed by atoms with Crippen molar-refractivity contribution >= 4 is 27.6 Å². The molecule has 0 unspecified atom stereocenters. The predicted octanol–water partition coefficient (Wildman–Crippen LogP) is 5.21. The van der Waals surface area contributed by atoms with Crippen LogP contribution in [0.1, 0.15) is 53.9 Å². The Labute approximate surface area is 172 Å². The monoisotopic (exact) mass is 409 g/mol. The number of benzene rings is 1. The summed E-state index contributed by atoms with van der Waals surface area (Å²) in [5.74, 6) is 0.567. The lowest BCUT2D eigenvalue weighted by Crippen LogP contribution is -2.23. The molecule has 0 fully saturated rings. The van der Waals surface area contributed by atoms with E-state index < -0.39 is 0 Å². The molecule has 0 saturated carbocycles. The summed E-state index contributed by atoms with van der Waals surface area (Å²) in [7, 11) is 0. The second kappa shape index (κ2) is 8.39. The number of nitrogens with zero attached hydrogens (tertiary/aromatic N) is 2. The summed E-state index contributed by atoms with van der Waals surface area (Å²) < 4.78 is 1.58. The molecule has 3 heterocycles. The molecule has 4 rings (SSSR count). The minimum atomic E-state index is -0.0337. The molecule has 0 spiro atoms. The molecule has 6 heteroatoms. The lowest BCUT2D eigenvalue weighted by Gasteiger charge is -2.19. The van der Waals surface area contributed by atoms with Crippen molar-refractivity contribution in [3.05, 3.63) is 91.5 Å². The van der Waals surface area contributed by atoms with E-state index in [1.165, 1.54) is 27.3 Å². The molecule has 4 aromatic rings. The molecule has 0 saturated heterocycles. The van der Waals surface area contributed by atoms with Gasteiger partial charge in [0.05, 0.1) is 11.7 Å². The summed E-state index contributed by atoms with van der Waals surface area (Å²) >= 11 is 3.21. The molecule has 0 bridgehead atoms. The lowest BCUT2D eigenvalue weighted by atomic mass is 9.95. The van der Waals surface area contributed by atoms with Crippen molar-refractivity contribution in [2.75, 3.05) is 0 Å². The van der Waals surface area contributed by atoms with Gasteiger partial charge in [-0.2, -0.15) is 0 Å². The molecule has 0 aliphatic rings. The van der Waals surface area contributed by atoms with Crippen molar-refractivity contribution in [1.29, 1.82) is 0 Å². The van der Waals surface area contributed by atoms with E-state index in [0.29, 0.717) is 12.5 Å². The Morgan fingerprint density at radius 1 is 1.11 bits per heavy atom. The fourth-order valence-electron chi connectivity index (χ4n) is 3.28. The van der Waals surface area contributed by atoms with E-state index in [2.05, 4.69) is 65.9 Å². The summed E-state index contributed by atoms with van der Waals surface area (Å²) in [6, 6.07) is 14.8. The molecule has 2 atom stereocenters. The quantitative estimate of drug-likeness (QED) is 0.456. The number of rotatable bonds is 7. The van der Waals surface area contributed by atoms with Crippen LogP contribution in [0.2, 0.25) is 0 Å². The number of hydrogen-bond donors (Lipinski definition) is 1. The molecule has 28 heavy (non-hydrogen) atoms. The van der Waals surface area contributed by atoms with E-state index in [9.17, 15) is 4.79 Å². The Balaban J connectivity index is 1.59. The van der Waals surface area contributed by atoms with Crippen LogP contribution in [0.15, 0.2) is 64.2 Å². The third-order valence-corrected chi connectivity index (χ3v) is 6.82. The molecule has 1 N–H and O–H groups in total. The molecule has 144 valence electrons. The topological polar surface area (TPSA) is 46.4 Å². The molecular weight excluding hydrogens is 386 g/mol. The van der Waals surface area contributed by atoms with Gasteiger partial charge in [-0.05, 0) is 34.9 Å². The van der Waals surface area contributed by atoms with E-state index in [1.807, 2.05) is 5.38 Å². The van der Waals surface area contributed by atoms with Crippen LogP contribution >= 0.6 is 22.7 Å². The first-order valence-corrected chi connectivity index (χ1v) is 11.2. The van der Waals surface area contributed by atoms with E-state index >= 15 is 0 Å². The summed E-state index contributed by atoms with van der Waals surface area (Å²) in [6.07, 6.45) is 2.90. The van der Waals surface area contributed by atoms with Gasteiger partial charge in [0.1, 0.15) is 0 Å². The van der Waals surface area contributed by atoms with Crippen LogP contribution in [0.5, 0.6) is 0 Å². The van der Waals surface area contributed by atoms with Crippen molar-refractivity contribution < 1.29 is 0 Å². The zero-order valence-corrected chi connectivity index (χ0v) is 17.6. The fraction of sp³-hybridized carbons (Fsp3) is 0.273. The van der Waals surface area contributed by atoms with Crippen molar-refractivity contribution in [3.8, 4) is 0 Å². The van der Waals surface area contributed by atoms with Gasteiger partial charge in [-0.25, -0.2) is 4.98 Å². The van der Waals surface area contributed by atoms with Gasteiger partial charge in [-0.1, -0.05) is 44.2 Å². The second-order valence-electron chi connectivity index (χ2n) is 6.95. The smallest absolute Gasteiger partial charge is 0.258 e. The largest absolute Gasteiger partial charge is 0.300 e. The van der Waals surface area contributed by atoms with Gasteiger partial charge in [0.2, 0.25) is 0 Å². The maximum atomic E-state index is 12.2. The summed E-state index contributed by atoms with van der Waals surface area (Å²) in [5.41, 5.74) is 3.33. The first kappa shape index (κ1) is 19.1. The van der Waals surface area contributed by atoms with Gasteiger partial charge < -0.3 is 0 Å². The Morgan fingerprint density at radius 2 is 1.89 bits per heavy atom. The van der Waals surface area contributed by atoms with E-state index in [1.54, 1.807) is 28.0 Å². The number of fused-ring (bicyclic) bond motifs is 1. The highest BCUT2D eigenvalue weighted by Crippen LogP contribution is 2.28. The van der Waals surface area contributed by atoms with E-state index in [4.69, 9.17) is 0 Å². The molecule has 3 aromatic heterocycles. The predicted molar refractivity (Wildman–Crippen MR) is 117 cm³/mol. The average molecular weight is 410 g/mol. The zero-order chi connectivity index (χ0) is 19.5. The summed E-state index contributed by atoms with van der Waals surface area (Å²) in [4.78, 5) is 18.8. The van der Waals surface area contributed by atoms with Gasteiger partial charge in [0, 0.05) is 29.1 Å². The highest BCUT2D eigenvalue weighted by molar-refractivity contribution is 7.15. The third kappa shape index (κ3) is 3.94. The Hall–Kier alpha value is -2.28. The Morgan fingerprint density at radius 3 is 2.61 bits per heavy atom. The molecular formula is C22H23N3OS2. The first-order chi connectivity index (χ1) is 13.7. The second-order valence-corrected chi connectivity index (χ2v) is 8.80. The van der Waals surface area contributed by atoms with Crippen LogP contribution in [0.3, 0.4) is 0 Å². The normalized spacial score (nSPS) is 13.6. The minimum absolute atomic E-state index is 0.0337. The van der Waals surface area contributed by atoms with Gasteiger partial charge >= 0.3 is 0 Å². The van der Waals surface area contributed by atoms with Crippen molar-refractivity contribution in [1.82, 2.24) is 14.7 Å². The van der Waals surface area contributed by atoms with Crippen LogP contribution in [0.25, 0.3) is 4.96 Å². The van der Waals surface area contributed by atoms with Gasteiger partial charge in [-0.3, -0.25) is 14.5 Å². The first-order valence-electron chi connectivity index (χ1n) is 9.48. The van der Waals surface area contributed by atoms with E-state index in [0.717, 1.165) is 17.1 Å². The average Bonchev–Trinajstić information content (AvgIpc) is 3.40. The Kier molecular flexibility index (Phi) is 5.71. The van der Waals surface area contributed by atoms with E-state index in [-0.39, 0.29) is 11.6 Å². The van der Waals surface area contributed by atoms with Crippen LogP contribution in [-0.2, 0) is 6.54 Å². The third-order valence-electron chi connectivity index (χ3n) is 5.12. The SMILES string of the molecule is CC[C@@H](C)c1ccc([C@H](NCc2cc(=O)n3ccsc3n2)c2cccs2)cc1. The molecule has 4 nitrogen and oxygen atoms in total. The number of thiophene rings is 1. The summed E-state index contributed by atoms with van der Waals surface area (Å²) in [5, 5.41) is 7.59. The van der Waals surface area contributed by atoms with Gasteiger partial charge in [0.15, 0.2) is 4.96 Å². The lowest BCUT2D eigenvalue weighted by molar-refractivity contribution is 0.603. The molecule has 0 aliphatic carbocycles.